The molecule has 2 fully saturated rings. The van der Waals surface area contributed by atoms with Gasteiger partial charge in [-0.25, -0.2) is 0 Å². The molecule has 1 amide bonds. The van der Waals surface area contributed by atoms with Crippen LogP contribution in [0.15, 0.2) is 24.3 Å². The molecule has 0 bridgehead atoms. The van der Waals surface area contributed by atoms with Gasteiger partial charge in [0.05, 0.1) is 25.9 Å². The number of ether oxygens (including phenoxy) is 2. The Balaban J connectivity index is 1.55. The lowest BCUT2D eigenvalue weighted by molar-refractivity contribution is -0.169. The Morgan fingerprint density at radius 2 is 1.81 bits per heavy atom. The molecule has 2 heterocycles. The molecule has 2 N–H and O–H groups in total. The maximum atomic E-state index is 12.4. The third kappa shape index (κ3) is 4.55. The van der Waals surface area contributed by atoms with E-state index in [0.29, 0.717) is 24.7 Å². The number of aliphatic hydroxyl groups is 1. The maximum Gasteiger partial charge on any atom is 0.251 e. The predicted molar refractivity (Wildman–Crippen MR) is 100 cm³/mol. The van der Waals surface area contributed by atoms with E-state index in [4.69, 9.17) is 9.47 Å². The molecular weight excluding hydrogens is 332 g/mol. The molecule has 1 atom stereocenters. The van der Waals surface area contributed by atoms with Crippen LogP contribution in [-0.2, 0) is 9.47 Å². The molecule has 0 radical (unpaired) electrons. The number of anilines is 1. The van der Waals surface area contributed by atoms with Crippen LogP contribution in [0, 0.1) is 5.92 Å². The molecule has 144 valence electrons. The Morgan fingerprint density at radius 1 is 1.19 bits per heavy atom. The smallest absolute Gasteiger partial charge is 0.251 e. The van der Waals surface area contributed by atoms with Crippen LogP contribution in [0.2, 0.25) is 0 Å². The van der Waals surface area contributed by atoms with E-state index in [-0.39, 0.29) is 24.3 Å². The van der Waals surface area contributed by atoms with Gasteiger partial charge in [0.1, 0.15) is 0 Å². The number of nitrogens with one attached hydrogen (secondary N) is 1. The summed E-state index contributed by atoms with van der Waals surface area (Å²) >= 11 is 0. The number of hydrogen-bond donors (Lipinski definition) is 2. The molecule has 1 spiro atoms. The Hall–Kier alpha value is -1.63. The van der Waals surface area contributed by atoms with E-state index in [0.717, 1.165) is 38.0 Å². The van der Waals surface area contributed by atoms with E-state index >= 15 is 0 Å². The minimum atomic E-state index is -0.369. The second-order valence-corrected chi connectivity index (χ2v) is 7.62. The topological polar surface area (TPSA) is 71.0 Å². The number of aliphatic hydroxyl groups excluding tert-OH is 1. The van der Waals surface area contributed by atoms with Gasteiger partial charge in [0.2, 0.25) is 0 Å². The van der Waals surface area contributed by atoms with Crippen molar-refractivity contribution in [3.05, 3.63) is 29.8 Å². The normalized spacial score (nSPS) is 20.5. The van der Waals surface area contributed by atoms with E-state index in [1.807, 2.05) is 24.3 Å². The quantitative estimate of drug-likeness (QED) is 0.812. The average Bonchev–Trinajstić information content (AvgIpc) is 3.09. The molecule has 26 heavy (non-hydrogen) atoms. The van der Waals surface area contributed by atoms with Gasteiger partial charge in [0.15, 0.2) is 5.79 Å². The van der Waals surface area contributed by atoms with Crippen LogP contribution >= 0.6 is 0 Å². The second-order valence-electron chi connectivity index (χ2n) is 7.62. The summed E-state index contributed by atoms with van der Waals surface area (Å²) in [5, 5.41) is 12.3. The zero-order chi connectivity index (χ0) is 18.6. The number of piperidine rings is 1. The summed E-state index contributed by atoms with van der Waals surface area (Å²) in [7, 11) is 0. The predicted octanol–water partition coefficient (Wildman–Crippen LogP) is 2.17. The van der Waals surface area contributed by atoms with Crippen LogP contribution in [0.5, 0.6) is 0 Å². The first-order valence-corrected chi connectivity index (χ1v) is 9.56. The molecule has 0 aromatic heterocycles. The molecule has 1 aromatic rings. The molecule has 0 saturated carbocycles. The van der Waals surface area contributed by atoms with Gasteiger partial charge in [-0.05, 0) is 36.6 Å². The molecule has 0 unspecified atom stereocenters. The Labute approximate surface area is 155 Å². The third-order valence-electron chi connectivity index (χ3n) is 5.14. The van der Waals surface area contributed by atoms with E-state index in [1.165, 1.54) is 0 Å². The fourth-order valence-corrected chi connectivity index (χ4v) is 3.73. The van der Waals surface area contributed by atoms with Crippen molar-refractivity contribution in [2.24, 2.45) is 5.92 Å². The maximum absolute atomic E-state index is 12.4. The summed E-state index contributed by atoms with van der Waals surface area (Å²) in [4.78, 5) is 14.7. The van der Waals surface area contributed by atoms with Gasteiger partial charge in [-0.3, -0.25) is 4.79 Å². The average molecular weight is 362 g/mol. The number of nitrogens with zero attached hydrogens (tertiary/aromatic N) is 1. The number of hydrogen-bond acceptors (Lipinski definition) is 5. The zero-order valence-electron chi connectivity index (χ0n) is 15.7. The summed E-state index contributed by atoms with van der Waals surface area (Å²) < 4.78 is 11.5. The van der Waals surface area contributed by atoms with E-state index in [1.54, 1.807) is 0 Å². The van der Waals surface area contributed by atoms with Crippen LogP contribution < -0.4 is 10.2 Å². The highest BCUT2D eigenvalue weighted by Crippen LogP contribution is 2.33. The minimum absolute atomic E-state index is 0.0400. The van der Waals surface area contributed by atoms with Crippen molar-refractivity contribution < 1.29 is 19.4 Å². The van der Waals surface area contributed by atoms with Gasteiger partial charge in [0, 0.05) is 37.2 Å². The molecule has 2 aliphatic rings. The molecular formula is C20H30N2O4. The SMILES string of the molecule is CC(C)C[C@@H](CO)NC(=O)c1ccc(N2CCC3(CC2)OCCO3)cc1. The van der Waals surface area contributed by atoms with Crippen molar-refractivity contribution in [2.75, 3.05) is 37.8 Å². The van der Waals surface area contributed by atoms with Gasteiger partial charge in [-0.2, -0.15) is 0 Å². The molecule has 2 saturated heterocycles. The minimum Gasteiger partial charge on any atom is -0.394 e. The van der Waals surface area contributed by atoms with Crippen LogP contribution in [0.1, 0.15) is 43.5 Å². The first-order chi connectivity index (χ1) is 12.5. The van der Waals surface area contributed by atoms with E-state index in [9.17, 15) is 9.90 Å². The number of amides is 1. The standard InChI is InChI=1S/C20H30N2O4/c1-15(2)13-17(14-23)21-19(24)16-3-5-18(6-4-16)22-9-7-20(8-10-22)25-11-12-26-20/h3-6,15,17,23H,7-14H2,1-2H3,(H,21,24)/t17-/m0/s1. The zero-order valence-corrected chi connectivity index (χ0v) is 15.7. The third-order valence-corrected chi connectivity index (χ3v) is 5.14. The van der Waals surface area contributed by atoms with Gasteiger partial charge in [0.25, 0.3) is 5.91 Å². The Kier molecular flexibility index (Phi) is 6.16. The summed E-state index contributed by atoms with van der Waals surface area (Å²) in [5.74, 6) is -0.0851. The largest absolute Gasteiger partial charge is 0.394 e. The molecule has 6 nitrogen and oxygen atoms in total. The molecule has 6 heteroatoms. The van der Waals surface area contributed by atoms with Gasteiger partial charge < -0.3 is 24.8 Å². The van der Waals surface area contributed by atoms with Gasteiger partial charge in [-0.15, -0.1) is 0 Å². The number of rotatable bonds is 6. The molecule has 0 aliphatic carbocycles. The Morgan fingerprint density at radius 3 is 2.35 bits per heavy atom. The van der Waals surface area contributed by atoms with E-state index in [2.05, 4.69) is 24.1 Å². The monoisotopic (exact) mass is 362 g/mol. The highest BCUT2D eigenvalue weighted by Gasteiger charge is 2.39. The molecule has 2 aliphatic heterocycles. The summed E-state index contributed by atoms with van der Waals surface area (Å²) in [5.41, 5.74) is 1.72. The van der Waals surface area contributed by atoms with Crippen molar-refractivity contribution in [1.29, 1.82) is 0 Å². The summed E-state index contributed by atoms with van der Waals surface area (Å²) in [6, 6.07) is 7.47. The van der Waals surface area contributed by atoms with Gasteiger partial charge in [-0.1, -0.05) is 13.8 Å². The second kappa shape index (κ2) is 8.37. The van der Waals surface area contributed by atoms with Crippen LogP contribution in [0.4, 0.5) is 5.69 Å². The van der Waals surface area contributed by atoms with Crippen LogP contribution in [0.3, 0.4) is 0 Å². The number of carbonyl (C=O) groups is 1. The first kappa shape index (κ1) is 19.1. The molecule has 3 rings (SSSR count). The van der Waals surface area contributed by atoms with Crippen molar-refractivity contribution >= 4 is 11.6 Å². The van der Waals surface area contributed by atoms with Crippen molar-refractivity contribution in [3.8, 4) is 0 Å². The van der Waals surface area contributed by atoms with Crippen LogP contribution in [0.25, 0.3) is 0 Å². The van der Waals surface area contributed by atoms with Crippen LogP contribution in [-0.4, -0.2) is 55.8 Å². The molecule has 1 aromatic carbocycles. The van der Waals surface area contributed by atoms with Crippen molar-refractivity contribution in [2.45, 2.75) is 44.9 Å². The van der Waals surface area contributed by atoms with Gasteiger partial charge >= 0.3 is 0 Å². The number of carbonyl (C=O) groups excluding carboxylic acids is 1. The Bertz CT molecular complexity index is 586. The fourth-order valence-electron chi connectivity index (χ4n) is 3.73. The fraction of sp³-hybridized carbons (Fsp3) is 0.650. The van der Waals surface area contributed by atoms with Crippen molar-refractivity contribution in [1.82, 2.24) is 5.32 Å². The highest BCUT2D eigenvalue weighted by molar-refractivity contribution is 5.94. The first-order valence-electron chi connectivity index (χ1n) is 9.56. The number of benzene rings is 1. The lowest BCUT2D eigenvalue weighted by Gasteiger charge is -2.38. The summed E-state index contributed by atoms with van der Waals surface area (Å²) in [6.45, 7) is 7.26. The highest BCUT2D eigenvalue weighted by atomic mass is 16.7. The van der Waals surface area contributed by atoms with Crippen molar-refractivity contribution in [3.63, 3.8) is 0 Å². The lowest BCUT2D eigenvalue weighted by Crippen LogP contribution is -2.45. The summed E-state index contributed by atoms with van der Waals surface area (Å²) in [6.07, 6.45) is 2.49. The van der Waals surface area contributed by atoms with E-state index < -0.39 is 0 Å². The lowest BCUT2D eigenvalue weighted by atomic mass is 10.0.